The number of hydrogen-bond acceptors (Lipinski definition) is 13. The summed E-state index contributed by atoms with van der Waals surface area (Å²) in [4.78, 5) is 50.9. The Hall–Kier alpha value is -5.20. The lowest BCUT2D eigenvalue weighted by molar-refractivity contribution is -0.723. The Morgan fingerprint density at radius 1 is 0.929 bits per heavy atom. The van der Waals surface area contributed by atoms with Gasteiger partial charge in [0.05, 0.1) is 17.8 Å². The van der Waals surface area contributed by atoms with Crippen LogP contribution in [0.3, 0.4) is 0 Å². The van der Waals surface area contributed by atoms with Gasteiger partial charge < -0.3 is 39.4 Å². The number of nitrogens with one attached hydrogen (secondary N) is 3. The third-order valence-electron chi connectivity index (χ3n) is 11.7. The number of guanidine groups is 1. The van der Waals surface area contributed by atoms with Gasteiger partial charge in [0.1, 0.15) is 36.7 Å². The van der Waals surface area contributed by atoms with Gasteiger partial charge in [-0.15, -0.1) is 0 Å². The van der Waals surface area contributed by atoms with E-state index in [0.717, 1.165) is 12.8 Å². The number of aliphatic imine (C=N–C) groups is 2. The Balaban J connectivity index is 1.29. The molecule has 9 rings (SSSR count). The smallest absolute Gasteiger partial charge is 0.284 e. The van der Waals surface area contributed by atoms with Gasteiger partial charge >= 0.3 is 0 Å². The highest BCUT2D eigenvalue weighted by atomic mass is 16.7. The number of ether oxygens (including phenoxy) is 4. The number of aliphatic hydroxyl groups is 4. The molecule has 0 radical (unpaired) electrons. The number of quaternary nitrogens is 1. The van der Waals surface area contributed by atoms with Gasteiger partial charge in [0.25, 0.3) is 11.7 Å². The molecular formula is C40H40N5O11+. The summed E-state index contributed by atoms with van der Waals surface area (Å²) in [6, 6.07) is 15.4. The van der Waals surface area contributed by atoms with E-state index in [1.165, 1.54) is 0 Å². The molecule has 0 aromatic heterocycles. The minimum Gasteiger partial charge on any atom is -0.486 e. The van der Waals surface area contributed by atoms with Crippen LogP contribution in [0.4, 0.5) is 5.69 Å². The van der Waals surface area contributed by atoms with E-state index >= 15 is 0 Å². The number of carbonyl (C=O) groups is 3. The number of rotatable bonds is 5. The van der Waals surface area contributed by atoms with Crippen LogP contribution in [0.15, 0.2) is 64.6 Å². The predicted molar refractivity (Wildman–Crippen MR) is 196 cm³/mol. The van der Waals surface area contributed by atoms with Crippen LogP contribution in [0.5, 0.6) is 11.5 Å². The Labute approximate surface area is 319 Å². The van der Waals surface area contributed by atoms with Crippen molar-refractivity contribution in [2.24, 2.45) is 9.98 Å². The van der Waals surface area contributed by atoms with Crippen molar-refractivity contribution in [3.63, 3.8) is 0 Å². The fourth-order valence-corrected chi connectivity index (χ4v) is 9.07. The maximum atomic E-state index is 14.4. The Morgan fingerprint density at radius 2 is 1.66 bits per heavy atom. The van der Waals surface area contributed by atoms with Crippen LogP contribution in [-0.2, 0) is 14.3 Å². The largest absolute Gasteiger partial charge is 0.486 e. The van der Waals surface area contributed by atoms with E-state index in [9.17, 15) is 34.8 Å². The number of amidine groups is 1. The summed E-state index contributed by atoms with van der Waals surface area (Å²) in [6.07, 6.45) is -4.91. The molecule has 56 heavy (non-hydrogen) atoms. The number of para-hydroxylation sites is 1. The molecule has 7 atom stereocenters. The third-order valence-corrected chi connectivity index (χ3v) is 11.7. The van der Waals surface area contributed by atoms with Gasteiger partial charge in [0, 0.05) is 40.3 Å². The van der Waals surface area contributed by atoms with E-state index in [2.05, 4.69) is 15.3 Å². The molecule has 1 saturated heterocycles. The van der Waals surface area contributed by atoms with E-state index in [1.807, 2.05) is 24.3 Å². The number of hydrogen-bond donors (Lipinski definition) is 7. The fourth-order valence-electron chi connectivity index (χ4n) is 9.07. The Morgan fingerprint density at radius 3 is 2.43 bits per heavy atom. The van der Waals surface area contributed by atoms with Crippen LogP contribution in [-0.4, -0.2) is 118 Å². The SMILES string of the molecule is N=C1N=C2C(=NC[NH+]2c2ccccc2C2CCOC3(CCCC3)C3OC(Oc4c2cc2c(c4OCCO)C(=O)c4ccccc4C2=O)C(O)C(O)C3O)C(=O)N1. The second kappa shape index (κ2) is 14.1. The number of benzene rings is 3. The molecule has 4 heterocycles. The molecule has 1 spiro atoms. The summed E-state index contributed by atoms with van der Waals surface area (Å²) < 4.78 is 25.9. The van der Waals surface area contributed by atoms with Crippen molar-refractivity contribution in [3.8, 4) is 11.5 Å². The van der Waals surface area contributed by atoms with Gasteiger partial charge in [-0.2, -0.15) is 4.99 Å². The number of fused-ring (bicyclic) bond motifs is 7. The van der Waals surface area contributed by atoms with Crippen molar-refractivity contribution in [3.05, 3.63) is 88.0 Å². The molecule has 290 valence electrons. The van der Waals surface area contributed by atoms with E-state index in [1.54, 1.807) is 30.3 Å². The van der Waals surface area contributed by atoms with E-state index in [-0.39, 0.29) is 77.6 Å². The molecule has 16 heteroatoms. The van der Waals surface area contributed by atoms with Crippen molar-refractivity contribution < 1.29 is 58.7 Å². The van der Waals surface area contributed by atoms with Crippen LogP contribution < -0.4 is 19.7 Å². The Bertz CT molecular complexity index is 2230. The van der Waals surface area contributed by atoms with Crippen molar-refractivity contribution in [2.45, 2.75) is 74.3 Å². The predicted octanol–water partition coefficient (Wildman–Crippen LogP) is 0.276. The van der Waals surface area contributed by atoms with Crippen LogP contribution in [0.2, 0.25) is 0 Å². The lowest BCUT2D eigenvalue weighted by Gasteiger charge is -2.47. The molecule has 2 bridgehead atoms. The first-order valence-corrected chi connectivity index (χ1v) is 18.7. The minimum atomic E-state index is -1.77. The molecule has 1 amide bonds. The summed E-state index contributed by atoms with van der Waals surface area (Å²) in [5.74, 6) is -2.49. The molecule has 2 aliphatic carbocycles. The molecule has 6 aliphatic rings. The van der Waals surface area contributed by atoms with E-state index in [4.69, 9.17) is 24.4 Å². The number of amides is 1. The number of aliphatic hydroxyl groups excluding tert-OH is 4. The molecule has 3 aromatic carbocycles. The van der Waals surface area contributed by atoms with Crippen LogP contribution >= 0.6 is 0 Å². The number of nitrogens with zero attached hydrogens (tertiary/aromatic N) is 2. The summed E-state index contributed by atoms with van der Waals surface area (Å²) in [6.45, 7) is -0.563. The van der Waals surface area contributed by atoms with Gasteiger partial charge in [-0.3, -0.25) is 25.1 Å². The highest BCUT2D eigenvalue weighted by Gasteiger charge is 2.56. The summed E-state index contributed by atoms with van der Waals surface area (Å²) >= 11 is 0. The molecular weight excluding hydrogens is 726 g/mol. The standard InChI is InChI=1S/C40H39N5O11/c41-39-43-36-27(37(52)44-39)42-18-45(36)25-10-4-3-7-20(25)19-11-15-54-40(12-5-6-13-40)35-31(50)30(49)32(51)38(56-35)55-33-23(19)17-24-26(34(33)53-16-14-46)29(48)22-9-2-1-8-21(22)28(24)47/h1-4,7-10,17,19,30-32,35,38,46,49-51H,5-6,11-16,18H2,(H2,41,44,52)/p+1. The molecule has 3 aromatic rings. The molecule has 7 N–H and O–H groups in total. The van der Waals surface area contributed by atoms with Gasteiger partial charge in [-0.1, -0.05) is 55.3 Å². The first kappa shape index (κ1) is 36.4. The zero-order valence-electron chi connectivity index (χ0n) is 30.1. The number of ketones is 2. The molecule has 4 aliphatic heterocycles. The maximum absolute atomic E-state index is 14.4. The van der Waals surface area contributed by atoms with Gasteiger partial charge in [-0.05, 0) is 31.4 Å². The summed E-state index contributed by atoms with van der Waals surface area (Å²) in [5, 5.41) is 54.6. The lowest BCUT2D eigenvalue weighted by atomic mass is 9.79. The Kier molecular flexibility index (Phi) is 9.16. The van der Waals surface area contributed by atoms with E-state index < -0.39 is 66.3 Å². The van der Waals surface area contributed by atoms with Crippen LogP contribution in [0, 0.1) is 5.41 Å². The van der Waals surface area contributed by atoms with Crippen molar-refractivity contribution in [1.82, 2.24) is 5.32 Å². The van der Waals surface area contributed by atoms with Crippen LogP contribution in [0.1, 0.15) is 81.0 Å². The minimum absolute atomic E-state index is 0.0360. The zero-order valence-corrected chi connectivity index (χ0v) is 30.1. The fraction of sp³-hybridized carbons (Fsp3) is 0.400. The van der Waals surface area contributed by atoms with Crippen molar-refractivity contribution >= 4 is 40.7 Å². The first-order valence-electron chi connectivity index (χ1n) is 18.7. The van der Waals surface area contributed by atoms with Crippen molar-refractivity contribution in [1.29, 1.82) is 5.41 Å². The molecule has 1 saturated carbocycles. The molecule has 2 fully saturated rings. The first-order chi connectivity index (χ1) is 27.1. The topological polar surface area (TPSA) is 234 Å². The molecule has 16 nitrogen and oxygen atoms in total. The highest BCUT2D eigenvalue weighted by Crippen LogP contribution is 2.50. The lowest BCUT2D eigenvalue weighted by Crippen LogP contribution is -3.09. The highest BCUT2D eigenvalue weighted by molar-refractivity contribution is 6.68. The van der Waals surface area contributed by atoms with E-state index in [0.29, 0.717) is 34.6 Å². The van der Waals surface area contributed by atoms with Crippen molar-refractivity contribution in [2.75, 3.05) is 26.5 Å². The quantitative estimate of drug-likeness (QED) is 0.146. The van der Waals surface area contributed by atoms with Crippen LogP contribution in [0.25, 0.3) is 0 Å². The molecule has 7 unspecified atom stereocenters. The monoisotopic (exact) mass is 766 g/mol. The second-order valence-electron chi connectivity index (χ2n) is 14.8. The van der Waals surface area contributed by atoms with Gasteiger partial charge in [-0.25, -0.2) is 9.89 Å². The average Bonchev–Trinajstić information content (AvgIpc) is 3.86. The van der Waals surface area contributed by atoms with Gasteiger partial charge in [0.2, 0.25) is 18.0 Å². The van der Waals surface area contributed by atoms with Gasteiger partial charge in [0.15, 0.2) is 29.7 Å². The summed E-state index contributed by atoms with van der Waals surface area (Å²) in [7, 11) is 0. The average molecular weight is 767 g/mol. The maximum Gasteiger partial charge on any atom is 0.284 e. The number of carbonyl (C=O) groups excluding carboxylic acids is 3. The normalized spacial score (nSPS) is 29.2. The summed E-state index contributed by atoms with van der Waals surface area (Å²) in [5.41, 5.74) is 1.03. The zero-order chi connectivity index (χ0) is 38.9. The second-order valence-corrected chi connectivity index (χ2v) is 14.8. The third kappa shape index (κ3) is 5.71.